The van der Waals surface area contributed by atoms with Gasteiger partial charge < -0.3 is 9.84 Å². The van der Waals surface area contributed by atoms with Crippen LogP contribution in [0.15, 0.2) is 0 Å². The minimum absolute atomic E-state index is 0.120. The van der Waals surface area contributed by atoms with Gasteiger partial charge in [-0.3, -0.25) is 4.79 Å². The molecule has 1 aliphatic rings. The number of sulfonamides is 1. The lowest BCUT2D eigenvalue weighted by Gasteiger charge is -2.16. The molecule has 0 aromatic rings. The van der Waals surface area contributed by atoms with Crippen LogP contribution in [-0.4, -0.2) is 56.4 Å². The van der Waals surface area contributed by atoms with Gasteiger partial charge in [0.15, 0.2) is 0 Å². The number of hydrogen-bond acceptors (Lipinski definition) is 4. The van der Waals surface area contributed by atoms with Crippen molar-refractivity contribution in [3.05, 3.63) is 0 Å². The minimum atomic E-state index is -3.35. The van der Waals surface area contributed by atoms with Gasteiger partial charge in [-0.05, 0) is 25.2 Å². The third-order valence-corrected chi connectivity index (χ3v) is 4.81. The summed E-state index contributed by atoms with van der Waals surface area (Å²) < 4.78 is 30.1. The minimum Gasteiger partial charge on any atom is -0.481 e. The van der Waals surface area contributed by atoms with Crippen LogP contribution in [0.1, 0.15) is 25.7 Å². The summed E-state index contributed by atoms with van der Waals surface area (Å²) in [5.74, 6) is -0.429. The molecule has 0 atom stereocenters. The van der Waals surface area contributed by atoms with Crippen LogP contribution in [0.5, 0.6) is 0 Å². The number of hydrogen-bond donors (Lipinski definition) is 1. The van der Waals surface area contributed by atoms with E-state index in [1.54, 1.807) is 0 Å². The highest BCUT2D eigenvalue weighted by molar-refractivity contribution is 7.89. The second-order valence-electron chi connectivity index (χ2n) is 4.65. The van der Waals surface area contributed by atoms with Gasteiger partial charge >= 0.3 is 5.97 Å². The zero-order valence-electron chi connectivity index (χ0n) is 10.7. The van der Waals surface area contributed by atoms with E-state index in [9.17, 15) is 13.2 Å². The fraction of sp³-hybridized carbons (Fsp3) is 0.909. The molecule has 0 amide bonds. The van der Waals surface area contributed by atoms with Crippen LogP contribution in [0.4, 0.5) is 0 Å². The number of nitrogens with zero attached hydrogens (tertiary/aromatic N) is 1. The van der Waals surface area contributed by atoms with Crippen molar-refractivity contribution < 1.29 is 23.1 Å². The summed E-state index contributed by atoms with van der Waals surface area (Å²) in [7, 11) is -1.85. The molecule has 0 bridgehead atoms. The van der Waals surface area contributed by atoms with E-state index in [0.29, 0.717) is 25.7 Å². The van der Waals surface area contributed by atoms with E-state index in [0.717, 1.165) is 0 Å². The Kier molecular flexibility index (Phi) is 6.04. The number of carbonyl (C=O) groups is 1. The van der Waals surface area contributed by atoms with Crippen LogP contribution in [-0.2, 0) is 19.6 Å². The summed E-state index contributed by atoms with van der Waals surface area (Å²) in [5, 5.41) is 8.45. The van der Waals surface area contributed by atoms with Crippen molar-refractivity contribution in [3.63, 3.8) is 0 Å². The van der Waals surface area contributed by atoms with Crippen molar-refractivity contribution >= 4 is 16.0 Å². The first kappa shape index (κ1) is 15.4. The Morgan fingerprint density at radius 3 is 2.67 bits per heavy atom. The molecule has 1 aliphatic carbocycles. The van der Waals surface area contributed by atoms with Crippen molar-refractivity contribution in [2.24, 2.45) is 5.92 Å². The van der Waals surface area contributed by atoms with E-state index in [1.165, 1.54) is 24.2 Å². The number of rotatable bonds is 10. The summed E-state index contributed by atoms with van der Waals surface area (Å²) in [4.78, 5) is 10.3. The highest BCUT2D eigenvalue weighted by Gasteiger charge is 2.22. The molecule has 7 heteroatoms. The molecule has 6 nitrogen and oxygen atoms in total. The van der Waals surface area contributed by atoms with Gasteiger partial charge in [-0.25, -0.2) is 12.7 Å². The Bertz CT molecular complexity index is 364. The van der Waals surface area contributed by atoms with Crippen molar-refractivity contribution in [3.8, 4) is 0 Å². The summed E-state index contributed by atoms with van der Waals surface area (Å²) in [6.07, 6.45) is 2.45. The standard InChI is InChI=1S/C11H21NO5S/c1-12(6-7-17-9-10-4-5-10)18(15,16)8-2-3-11(13)14/h10H,2-9H2,1H3,(H,13,14). The largest absolute Gasteiger partial charge is 0.481 e. The van der Waals surface area contributed by atoms with Crippen LogP contribution < -0.4 is 0 Å². The molecule has 1 saturated carbocycles. The third-order valence-electron chi connectivity index (χ3n) is 2.87. The summed E-state index contributed by atoms with van der Waals surface area (Å²) >= 11 is 0. The van der Waals surface area contributed by atoms with Crippen LogP contribution in [0.3, 0.4) is 0 Å². The molecule has 0 aliphatic heterocycles. The molecule has 0 aromatic carbocycles. The molecular formula is C11H21NO5S. The van der Waals surface area contributed by atoms with E-state index in [4.69, 9.17) is 9.84 Å². The Morgan fingerprint density at radius 2 is 2.11 bits per heavy atom. The Hall–Kier alpha value is -0.660. The summed E-state index contributed by atoms with van der Waals surface area (Å²) in [6, 6.07) is 0. The lowest BCUT2D eigenvalue weighted by molar-refractivity contribution is -0.137. The zero-order valence-corrected chi connectivity index (χ0v) is 11.5. The lowest BCUT2D eigenvalue weighted by atomic mass is 10.3. The van der Waals surface area contributed by atoms with E-state index < -0.39 is 16.0 Å². The smallest absolute Gasteiger partial charge is 0.303 e. The maximum absolute atomic E-state index is 11.7. The van der Waals surface area contributed by atoms with Crippen molar-refractivity contribution in [2.75, 3.05) is 32.6 Å². The van der Waals surface area contributed by atoms with Gasteiger partial charge in [0, 0.05) is 26.6 Å². The molecule has 0 heterocycles. The Balaban J connectivity index is 2.15. The molecule has 106 valence electrons. The van der Waals surface area contributed by atoms with Crippen LogP contribution in [0.2, 0.25) is 0 Å². The number of carboxylic acids is 1. The molecule has 1 N–H and O–H groups in total. The van der Waals surface area contributed by atoms with Gasteiger partial charge in [0.25, 0.3) is 0 Å². The highest BCUT2D eigenvalue weighted by Crippen LogP contribution is 2.28. The molecular weight excluding hydrogens is 258 g/mol. The van der Waals surface area contributed by atoms with E-state index in [-0.39, 0.29) is 18.6 Å². The van der Waals surface area contributed by atoms with E-state index in [1.807, 2.05) is 0 Å². The number of carboxylic acid groups (broad SMARTS) is 1. The fourth-order valence-electron chi connectivity index (χ4n) is 1.43. The summed E-state index contributed by atoms with van der Waals surface area (Å²) in [5.41, 5.74) is 0. The summed E-state index contributed by atoms with van der Waals surface area (Å²) in [6.45, 7) is 1.43. The zero-order chi connectivity index (χ0) is 13.6. The van der Waals surface area contributed by atoms with Gasteiger partial charge in [-0.1, -0.05) is 0 Å². The second-order valence-corrected chi connectivity index (χ2v) is 6.85. The second kappa shape index (κ2) is 7.06. The maximum Gasteiger partial charge on any atom is 0.303 e. The predicted octanol–water partition coefficient (Wildman–Crippen LogP) is 0.539. The van der Waals surface area contributed by atoms with Gasteiger partial charge in [0.05, 0.1) is 12.4 Å². The monoisotopic (exact) mass is 279 g/mol. The molecule has 1 rings (SSSR count). The lowest BCUT2D eigenvalue weighted by Crippen LogP contribution is -2.32. The van der Waals surface area contributed by atoms with Crippen LogP contribution in [0.25, 0.3) is 0 Å². The quantitative estimate of drug-likeness (QED) is 0.590. The first-order valence-electron chi connectivity index (χ1n) is 6.15. The Morgan fingerprint density at radius 1 is 1.44 bits per heavy atom. The molecule has 1 fully saturated rings. The molecule has 0 radical (unpaired) electrons. The van der Waals surface area contributed by atoms with Gasteiger partial charge in [0.2, 0.25) is 10.0 Å². The van der Waals surface area contributed by atoms with Gasteiger partial charge in [-0.15, -0.1) is 0 Å². The first-order chi connectivity index (χ1) is 8.42. The SMILES string of the molecule is CN(CCOCC1CC1)S(=O)(=O)CCCC(=O)O. The maximum atomic E-state index is 11.7. The number of likely N-dealkylation sites (N-methyl/N-ethyl adjacent to an activating group) is 1. The molecule has 0 spiro atoms. The molecule has 0 unspecified atom stereocenters. The topological polar surface area (TPSA) is 83.9 Å². The Labute approximate surface area is 108 Å². The average molecular weight is 279 g/mol. The van der Waals surface area contributed by atoms with Gasteiger partial charge in [-0.2, -0.15) is 0 Å². The first-order valence-corrected chi connectivity index (χ1v) is 7.76. The number of ether oxygens (including phenoxy) is 1. The average Bonchev–Trinajstić information content (AvgIpc) is 3.07. The van der Waals surface area contributed by atoms with Crippen LogP contribution in [0, 0.1) is 5.92 Å². The molecule has 0 saturated heterocycles. The fourth-order valence-corrected chi connectivity index (χ4v) is 2.60. The third kappa shape index (κ3) is 6.32. The molecule has 0 aromatic heterocycles. The normalized spacial score (nSPS) is 16.1. The van der Waals surface area contributed by atoms with E-state index in [2.05, 4.69) is 0 Å². The van der Waals surface area contributed by atoms with Crippen molar-refractivity contribution in [1.82, 2.24) is 4.31 Å². The van der Waals surface area contributed by atoms with Crippen LogP contribution >= 0.6 is 0 Å². The van der Waals surface area contributed by atoms with E-state index >= 15 is 0 Å². The van der Waals surface area contributed by atoms with Gasteiger partial charge in [0.1, 0.15) is 0 Å². The highest BCUT2D eigenvalue weighted by atomic mass is 32.2. The predicted molar refractivity (Wildman–Crippen MR) is 66.8 cm³/mol. The van der Waals surface area contributed by atoms with Crippen molar-refractivity contribution in [1.29, 1.82) is 0 Å². The molecule has 18 heavy (non-hydrogen) atoms. The van der Waals surface area contributed by atoms with Crippen molar-refractivity contribution in [2.45, 2.75) is 25.7 Å². The number of aliphatic carboxylic acids is 1.